The average molecular weight is 263 g/mol. The van der Waals surface area contributed by atoms with Crippen LogP contribution in [0.2, 0.25) is 0 Å². The number of nitrogens with two attached hydrogens (primary N) is 1. The van der Waals surface area contributed by atoms with Crippen LogP contribution in [0.3, 0.4) is 0 Å². The molecular formula is C8H5BrF2N2O. The molecule has 0 aliphatic rings. The van der Waals surface area contributed by atoms with Crippen molar-refractivity contribution in [2.75, 3.05) is 5.73 Å². The second kappa shape index (κ2) is 4.24. The van der Waals surface area contributed by atoms with Gasteiger partial charge < -0.3 is 10.5 Å². The van der Waals surface area contributed by atoms with Gasteiger partial charge in [-0.3, -0.25) is 0 Å². The number of anilines is 1. The van der Waals surface area contributed by atoms with Gasteiger partial charge in [-0.2, -0.15) is 14.0 Å². The molecule has 0 bridgehead atoms. The number of nitriles is 1. The van der Waals surface area contributed by atoms with Gasteiger partial charge in [0.1, 0.15) is 11.8 Å². The van der Waals surface area contributed by atoms with Gasteiger partial charge in [-0.25, -0.2) is 0 Å². The fourth-order valence-electron chi connectivity index (χ4n) is 0.852. The molecule has 14 heavy (non-hydrogen) atoms. The van der Waals surface area contributed by atoms with Gasteiger partial charge in [0.2, 0.25) is 0 Å². The Morgan fingerprint density at radius 1 is 1.50 bits per heavy atom. The maximum absolute atomic E-state index is 11.9. The van der Waals surface area contributed by atoms with Gasteiger partial charge in [-0.05, 0) is 22.0 Å². The average Bonchev–Trinajstić information content (AvgIpc) is 2.09. The number of alkyl halides is 2. The Morgan fingerprint density at radius 2 is 2.14 bits per heavy atom. The van der Waals surface area contributed by atoms with Gasteiger partial charge in [0.15, 0.2) is 0 Å². The Morgan fingerprint density at radius 3 is 2.64 bits per heavy atom. The van der Waals surface area contributed by atoms with Crippen molar-refractivity contribution >= 4 is 21.6 Å². The molecule has 0 radical (unpaired) electrons. The minimum absolute atomic E-state index is 0.0520. The molecule has 1 aromatic carbocycles. The summed E-state index contributed by atoms with van der Waals surface area (Å²) in [5.41, 5.74) is 5.64. The molecule has 74 valence electrons. The highest BCUT2D eigenvalue weighted by Gasteiger charge is 2.11. The Kier molecular flexibility index (Phi) is 3.25. The van der Waals surface area contributed by atoms with E-state index < -0.39 is 6.61 Å². The molecule has 0 aliphatic carbocycles. The third-order valence-corrected chi connectivity index (χ3v) is 2.09. The van der Waals surface area contributed by atoms with Crippen molar-refractivity contribution < 1.29 is 13.5 Å². The van der Waals surface area contributed by atoms with E-state index in [2.05, 4.69) is 20.7 Å². The lowest BCUT2D eigenvalue weighted by molar-refractivity contribution is -0.0493. The summed E-state index contributed by atoms with van der Waals surface area (Å²) < 4.78 is 28.3. The standard InChI is InChI=1S/C8H5BrF2N2O/c9-5-2-6(13)7(14-8(10)11)1-4(5)3-12/h1-2,8H,13H2. The number of hydrogen-bond acceptors (Lipinski definition) is 3. The lowest BCUT2D eigenvalue weighted by Crippen LogP contribution is -2.04. The van der Waals surface area contributed by atoms with Crippen molar-refractivity contribution in [3.05, 3.63) is 22.2 Å². The first-order valence-electron chi connectivity index (χ1n) is 3.48. The van der Waals surface area contributed by atoms with Gasteiger partial charge in [-0.1, -0.05) is 0 Å². The Bertz CT molecular complexity index is 390. The number of ether oxygens (including phenoxy) is 1. The van der Waals surface area contributed by atoms with Gasteiger partial charge in [0.05, 0.1) is 11.3 Å². The molecule has 0 amide bonds. The number of halogens is 3. The molecule has 2 N–H and O–H groups in total. The minimum Gasteiger partial charge on any atom is -0.433 e. The predicted octanol–water partition coefficient (Wildman–Crippen LogP) is 2.50. The van der Waals surface area contributed by atoms with Crippen molar-refractivity contribution in [2.45, 2.75) is 6.61 Å². The molecule has 0 unspecified atom stereocenters. The zero-order valence-corrected chi connectivity index (χ0v) is 8.38. The second-order valence-electron chi connectivity index (χ2n) is 2.36. The van der Waals surface area contributed by atoms with Crippen molar-refractivity contribution in [1.29, 1.82) is 5.26 Å². The van der Waals surface area contributed by atoms with Crippen molar-refractivity contribution in [3.63, 3.8) is 0 Å². The van der Waals surface area contributed by atoms with Crippen LogP contribution in [0.1, 0.15) is 5.56 Å². The summed E-state index contributed by atoms with van der Waals surface area (Å²) in [5, 5.41) is 8.60. The van der Waals surface area contributed by atoms with E-state index in [4.69, 9.17) is 11.0 Å². The highest BCUT2D eigenvalue weighted by atomic mass is 79.9. The van der Waals surface area contributed by atoms with Crippen LogP contribution in [0.5, 0.6) is 5.75 Å². The monoisotopic (exact) mass is 262 g/mol. The first-order valence-corrected chi connectivity index (χ1v) is 4.28. The summed E-state index contributed by atoms with van der Waals surface area (Å²) in [7, 11) is 0. The molecule has 1 aromatic rings. The first kappa shape index (κ1) is 10.7. The molecule has 1 rings (SSSR count). The van der Waals surface area contributed by atoms with Gasteiger partial charge in [0.25, 0.3) is 0 Å². The lowest BCUT2D eigenvalue weighted by atomic mass is 10.2. The zero-order valence-electron chi connectivity index (χ0n) is 6.80. The van der Waals surface area contributed by atoms with E-state index in [1.54, 1.807) is 0 Å². The quantitative estimate of drug-likeness (QED) is 0.834. The fourth-order valence-corrected chi connectivity index (χ4v) is 1.30. The van der Waals surface area contributed by atoms with Gasteiger partial charge in [-0.15, -0.1) is 0 Å². The molecule has 0 saturated carbocycles. The molecule has 0 fully saturated rings. The van der Waals surface area contributed by atoms with Crippen LogP contribution < -0.4 is 10.5 Å². The van der Waals surface area contributed by atoms with Gasteiger partial charge in [0, 0.05) is 10.5 Å². The molecular weight excluding hydrogens is 258 g/mol. The van der Waals surface area contributed by atoms with Crippen LogP contribution in [0, 0.1) is 11.3 Å². The third kappa shape index (κ3) is 2.33. The molecule has 0 spiro atoms. The molecule has 6 heteroatoms. The first-order chi connectivity index (χ1) is 6.54. The Labute approximate surface area is 87.2 Å². The summed E-state index contributed by atoms with van der Waals surface area (Å²) in [4.78, 5) is 0. The number of nitrogen functional groups attached to an aromatic ring is 1. The van der Waals surface area contributed by atoms with Crippen LogP contribution in [-0.2, 0) is 0 Å². The predicted molar refractivity (Wildman–Crippen MR) is 49.9 cm³/mol. The number of rotatable bonds is 2. The van der Waals surface area contributed by atoms with Crippen molar-refractivity contribution in [1.82, 2.24) is 0 Å². The Balaban J connectivity index is 3.12. The minimum atomic E-state index is -2.95. The molecule has 0 saturated heterocycles. The van der Waals surface area contributed by atoms with E-state index in [1.165, 1.54) is 6.07 Å². The fraction of sp³-hybridized carbons (Fsp3) is 0.125. The van der Waals surface area contributed by atoms with E-state index in [0.717, 1.165) is 6.07 Å². The highest BCUT2D eigenvalue weighted by Crippen LogP contribution is 2.29. The molecule has 3 nitrogen and oxygen atoms in total. The SMILES string of the molecule is N#Cc1cc(OC(F)F)c(N)cc1Br. The molecule has 0 heterocycles. The van der Waals surface area contributed by atoms with Crippen LogP contribution >= 0.6 is 15.9 Å². The van der Waals surface area contributed by atoms with Crippen LogP contribution in [0.4, 0.5) is 14.5 Å². The molecule has 0 atom stereocenters. The van der Waals surface area contributed by atoms with Crippen LogP contribution in [0.25, 0.3) is 0 Å². The summed E-state index contributed by atoms with van der Waals surface area (Å²) in [6, 6.07) is 4.31. The topological polar surface area (TPSA) is 59.0 Å². The van der Waals surface area contributed by atoms with Crippen LogP contribution in [0.15, 0.2) is 16.6 Å². The lowest BCUT2D eigenvalue weighted by Gasteiger charge is -2.08. The van der Waals surface area contributed by atoms with Crippen molar-refractivity contribution in [3.8, 4) is 11.8 Å². The number of benzene rings is 1. The van der Waals surface area contributed by atoms with E-state index in [9.17, 15) is 8.78 Å². The zero-order chi connectivity index (χ0) is 10.7. The summed E-state index contributed by atoms with van der Waals surface area (Å²) in [6.07, 6.45) is 0. The second-order valence-corrected chi connectivity index (χ2v) is 3.21. The number of hydrogen-bond donors (Lipinski definition) is 1. The maximum atomic E-state index is 11.9. The van der Waals surface area contributed by atoms with E-state index >= 15 is 0 Å². The highest BCUT2D eigenvalue weighted by molar-refractivity contribution is 9.10. The van der Waals surface area contributed by atoms with Gasteiger partial charge >= 0.3 is 6.61 Å². The summed E-state index contributed by atoms with van der Waals surface area (Å²) >= 11 is 3.06. The van der Waals surface area contributed by atoms with E-state index in [1.807, 2.05) is 6.07 Å². The number of nitrogens with zero attached hydrogens (tertiary/aromatic N) is 1. The van der Waals surface area contributed by atoms with E-state index in [-0.39, 0.29) is 17.0 Å². The van der Waals surface area contributed by atoms with Crippen molar-refractivity contribution in [2.24, 2.45) is 0 Å². The molecule has 0 aromatic heterocycles. The largest absolute Gasteiger partial charge is 0.433 e. The summed E-state index contributed by atoms with van der Waals surface area (Å²) in [5.74, 6) is -0.195. The smallest absolute Gasteiger partial charge is 0.387 e. The van der Waals surface area contributed by atoms with Crippen LogP contribution in [-0.4, -0.2) is 6.61 Å². The Hall–Kier alpha value is -1.35. The summed E-state index contributed by atoms with van der Waals surface area (Å²) in [6.45, 7) is -2.95. The third-order valence-electron chi connectivity index (χ3n) is 1.44. The maximum Gasteiger partial charge on any atom is 0.387 e. The molecule has 0 aliphatic heterocycles. The normalized spacial score (nSPS) is 9.93. The van der Waals surface area contributed by atoms with E-state index in [0.29, 0.717) is 4.47 Å².